The quantitative estimate of drug-likeness (QED) is 0.100. The van der Waals surface area contributed by atoms with Gasteiger partial charge in [0, 0.05) is 23.4 Å². The highest BCUT2D eigenvalue weighted by molar-refractivity contribution is 7.89. The monoisotopic (exact) mass is 599 g/mol. The van der Waals surface area contributed by atoms with Gasteiger partial charge in [-0.25, -0.2) is 8.42 Å². The summed E-state index contributed by atoms with van der Waals surface area (Å²) in [6.07, 6.45) is 1.79. The fraction of sp³-hybridized carbons (Fsp3) is 0.333. The highest BCUT2D eigenvalue weighted by Gasteiger charge is 2.27. The van der Waals surface area contributed by atoms with Gasteiger partial charge in [0.15, 0.2) is 0 Å². The first-order valence-corrected chi connectivity index (χ1v) is 17.4. The summed E-state index contributed by atoms with van der Waals surface area (Å²) in [7, 11) is -3.68. The number of thiophene rings is 1. The maximum absolute atomic E-state index is 14.1. The zero-order valence-corrected chi connectivity index (χ0v) is 27.0. The molecule has 0 saturated carbocycles. The molecule has 5 aromatic rings. The lowest BCUT2D eigenvalue weighted by Crippen LogP contribution is -2.47. The number of rotatable bonds is 13. The number of hydrogen-bond acceptors (Lipinski definition) is 3. The molecule has 0 aliphatic rings. The molecule has 0 spiro atoms. The van der Waals surface area contributed by atoms with E-state index in [1.165, 1.54) is 26.8 Å². The summed E-state index contributed by atoms with van der Waals surface area (Å²) in [6.45, 7) is 13.9. The van der Waals surface area contributed by atoms with Crippen LogP contribution >= 0.6 is 11.3 Å². The Kier molecular flexibility index (Phi) is 9.48. The van der Waals surface area contributed by atoms with E-state index < -0.39 is 10.0 Å². The number of unbranched alkanes of at least 4 members (excludes halogenated alkanes) is 1. The third-order valence-corrected chi connectivity index (χ3v) is 11.4. The highest BCUT2D eigenvalue weighted by Crippen LogP contribution is 2.27. The van der Waals surface area contributed by atoms with Crippen molar-refractivity contribution >= 4 is 42.2 Å². The van der Waals surface area contributed by atoms with Gasteiger partial charge in [-0.15, -0.1) is 11.3 Å². The highest BCUT2D eigenvalue weighted by atomic mass is 32.2. The van der Waals surface area contributed by atoms with Crippen molar-refractivity contribution in [3.8, 4) is 0 Å². The lowest BCUT2D eigenvalue weighted by Gasteiger charge is -2.37. The Bertz CT molecular complexity index is 1750. The Hall–Kier alpha value is -3.03. The van der Waals surface area contributed by atoms with Crippen molar-refractivity contribution in [2.75, 3.05) is 26.2 Å². The lowest BCUT2D eigenvalue weighted by molar-refractivity contribution is -0.938. The van der Waals surface area contributed by atoms with Gasteiger partial charge in [0.1, 0.15) is 6.54 Å². The molecule has 0 atom stereocenters. The Labute approximate surface area is 255 Å². The van der Waals surface area contributed by atoms with Crippen LogP contribution in [0.1, 0.15) is 48.9 Å². The maximum Gasteiger partial charge on any atom is 0.243 e. The van der Waals surface area contributed by atoms with E-state index >= 15 is 0 Å². The Morgan fingerprint density at radius 3 is 2.21 bits per heavy atom. The van der Waals surface area contributed by atoms with Crippen molar-refractivity contribution in [2.45, 2.75) is 58.5 Å². The third kappa shape index (κ3) is 6.95. The van der Waals surface area contributed by atoms with Gasteiger partial charge < -0.3 is 4.48 Å². The van der Waals surface area contributed by atoms with Crippen molar-refractivity contribution in [3.05, 3.63) is 113 Å². The molecule has 0 fully saturated rings. The van der Waals surface area contributed by atoms with E-state index in [0.717, 1.165) is 59.8 Å². The van der Waals surface area contributed by atoms with Gasteiger partial charge in [-0.05, 0) is 98.0 Å². The van der Waals surface area contributed by atoms with E-state index in [1.807, 2.05) is 36.4 Å². The van der Waals surface area contributed by atoms with Crippen molar-refractivity contribution in [3.63, 3.8) is 0 Å². The number of aryl methyl sites for hydroxylation is 2. The van der Waals surface area contributed by atoms with Crippen molar-refractivity contribution < 1.29 is 12.9 Å². The molecule has 0 aliphatic heterocycles. The molecule has 0 unspecified atom stereocenters. The molecule has 5 rings (SSSR count). The number of hydrogen-bond donors (Lipinski definition) is 0. The van der Waals surface area contributed by atoms with Crippen LogP contribution in [0.25, 0.3) is 20.9 Å². The second-order valence-electron chi connectivity index (χ2n) is 11.7. The Morgan fingerprint density at radius 2 is 1.48 bits per heavy atom. The minimum atomic E-state index is -3.68. The van der Waals surface area contributed by atoms with E-state index in [2.05, 4.69) is 75.5 Å². The van der Waals surface area contributed by atoms with Crippen molar-refractivity contribution in [2.24, 2.45) is 0 Å². The zero-order valence-electron chi connectivity index (χ0n) is 25.3. The number of quaternary nitrogens is 1. The van der Waals surface area contributed by atoms with Gasteiger partial charge in [0.25, 0.3) is 0 Å². The zero-order chi connectivity index (χ0) is 29.7. The summed E-state index contributed by atoms with van der Waals surface area (Å²) >= 11 is 1.71. The molecule has 4 aromatic carbocycles. The van der Waals surface area contributed by atoms with Gasteiger partial charge in [-0.1, -0.05) is 65.7 Å². The van der Waals surface area contributed by atoms with Crippen LogP contribution in [-0.2, 0) is 23.1 Å². The molecule has 0 radical (unpaired) electrons. The maximum atomic E-state index is 14.1. The summed E-state index contributed by atoms with van der Waals surface area (Å²) in [6, 6.07) is 28.7. The second kappa shape index (κ2) is 13.1. The minimum Gasteiger partial charge on any atom is -0.320 e. The summed E-state index contributed by atoms with van der Waals surface area (Å²) in [4.78, 5) is 0.361. The minimum absolute atomic E-state index is 0.361. The molecule has 0 N–H and O–H groups in total. The van der Waals surface area contributed by atoms with Crippen LogP contribution in [0.2, 0.25) is 0 Å². The summed E-state index contributed by atoms with van der Waals surface area (Å²) in [5, 5.41) is 5.24. The summed E-state index contributed by atoms with van der Waals surface area (Å²) < 4.78 is 32.2. The molecule has 0 aliphatic carbocycles. The average Bonchev–Trinajstić information content (AvgIpc) is 3.45. The molecule has 0 bridgehead atoms. The molecule has 0 amide bonds. The third-order valence-electron chi connectivity index (χ3n) is 8.67. The van der Waals surface area contributed by atoms with Gasteiger partial charge in [0.05, 0.1) is 24.5 Å². The first-order chi connectivity index (χ1) is 20.2. The fourth-order valence-corrected chi connectivity index (χ4v) is 8.48. The van der Waals surface area contributed by atoms with Crippen LogP contribution in [0.5, 0.6) is 0 Å². The van der Waals surface area contributed by atoms with E-state index in [0.29, 0.717) is 18.0 Å². The van der Waals surface area contributed by atoms with Crippen LogP contribution < -0.4 is 0 Å². The predicted molar refractivity (Wildman–Crippen MR) is 178 cm³/mol. The Morgan fingerprint density at radius 1 is 0.738 bits per heavy atom. The SMILES string of the molecule is CC[N+](CC)(CCCCN(Cc1ccc2sccc2c1)S(=O)(=O)c1ccc2ccccc2c1)Cc1cc(C)cc(C)c1. The standard InChI is InChI=1S/C36H43N2O2S2/c1-5-38(6-2,27-31-22-28(3)21-29(4)23-31)19-10-9-18-37(26-30-13-16-36-34(24-30)17-20-41-36)42(39,40)35-15-14-32-11-7-8-12-33(32)25-35/h7-8,11-17,20-25H,5-6,9-10,18-19,26-27H2,1-4H3/q+1. The van der Waals surface area contributed by atoms with Crippen molar-refractivity contribution in [1.82, 2.24) is 4.31 Å². The number of nitrogens with zero attached hydrogens (tertiary/aromatic N) is 2. The van der Waals surface area contributed by atoms with E-state index in [9.17, 15) is 8.42 Å². The fourth-order valence-electron chi connectivity index (χ4n) is 6.20. The predicted octanol–water partition coefficient (Wildman–Crippen LogP) is 8.70. The number of benzene rings is 4. The van der Waals surface area contributed by atoms with E-state index in [1.54, 1.807) is 21.7 Å². The smallest absolute Gasteiger partial charge is 0.243 e. The summed E-state index contributed by atoms with van der Waals surface area (Å²) in [5.41, 5.74) is 5.03. The van der Waals surface area contributed by atoms with Crippen molar-refractivity contribution in [1.29, 1.82) is 0 Å². The molecule has 0 saturated heterocycles. The van der Waals surface area contributed by atoms with Gasteiger partial charge in [0.2, 0.25) is 10.0 Å². The molecule has 6 heteroatoms. The van der Waals surface area contributed by atoms with Gasteiger partial charge in [-0.2, -0.15) is 4.31 Å². The van der Waals surface area contributed by atoms with Crippen LogP contribution in [0.4, 0.5) is 0 Å². The molecule has 4 nitrogen and oxygen atoms in total. The number of sulfonamides is 1. The molecular weight excluding hydrogens is 557 g/mol. The Balaban J connectivity index is 1.35. The normalized spacial score (nSPS) is 12.5. The largest absolute Gasteiger partial charge is 0.320 e. The number of fused-ring (bicyclic) bond motifs is 2. The second-order valence-corrected chi connectivity index (χ2v) is 14.6. The van der Waals surface area contributed by atoms with Crippen LogP contribution in [-0.4, -0.2) is 43.4 Å². The molecular formula is C36H43N2O2S2+. The van der Waals surface area contributed by atoms with Crippen LogP contribution in [0.15, 0.2) is 95.2 Å². The van der Waals surface area contributed by atoms with Gasteiger partial charge in [-0.3, -0.25) is 0 Å². The van der Waals surface area contributed by atoms with E-state index in [4.69, 9.17) is 0 Å². The van der Waals surface area contributed by atoms with Crippen LogP contribution in [0, 0.1) is 13.8 Å². The molecule has 1 heterocycles. The summed E-state index contributed by atoms with van der Waals surface area (Å²) in [5.74, 6) is 0. The molecule has 1 aromatic heterocycles. The van der Waals surface area contributed by atoms with E-state index in [-0.39, 0.29) is 0 Å². The molecule has 42 heavy (non-hydrogen) atoms. The topological polar surface area (TPSA) is 37.4 Å². The van der Waals surface area contributed by atoms with Gasteiger partial charge >= 0.3 is 0 Å². The first-order valence-electron chi connectivity index (χ1n) is 15.1. The molecule has 220 valence electrons. The average molecular weight is 600 g/mol. The lowest BCUT2D eigenvalue weighted by atomic mass is 10.1. The van der Waals surface area contributed by atoms with Crippen LogP contribution in [0.3, 0.4) is 0 Å². The first kappa shape index (κ1) is 30.4.